The van der Waals surface area contributed by atoms with Gasteiger partial charge in [-0.2, -0.15) is 5.10 Å². The highest BCUT2D eigenvalue weighted by Gasteiger charge is 2.05. The molecular formula is C10H11BrFN5. The Morgan fingerprint density at radius 3 is 3.00 bits per heavy atom. The number of nitrogen functional groups attached to an aromatic ring is 1. The minimum atomic E-state index is -0.346. The molecule has 7 heteroatoms. The molecule has 0 radical (unpaired) electrons. The predicted molar refractivity (Wildman–Crippen MR) is 67.1 cm³/mol. The van der Waals surface area contributed by atoms with Crippen molar-refractivity contribution in [2.75, 3.05) is 17.6 Å². The highest BCUT2D eigenvalue weighted by Crippen LogP contribution is 2.26. The zero-order valence-electron chi connectivity index (χ0n) is 8.87. The van der Waals surface area contributed by atoms with Gasteiger partial charge in [0, 0.05) is 19.0 Å². The quantitative estimate of drug-likeness (QED) is 0.754. The lowest BCUT2D eigenvalue weighted by Gasteiger charge is -2.09. The molecule has 0 saturated heterocycles. The normalized spacial score (nSPS) is 10.5. The lowest BCUT2D eigenvalue weighted by atomic mass is 10.2. The van der Waals surface area contributed by atoms with Crippen LogP contribution in [0.1, 0.15) is 5.82 Å². The SMILES string of the molecule is Nc1cc(Br)c(F)cc1NCCc1ncn[nH]1. The summed E-state index contributed by atoms with van der Waals surface area (Å²) in [5.74, 6) is 0.426. The second-order valence-corrected chi connectivity index (χ2v) is 4.32. The van der Waals surface area contributed by atoms with Gasteiger partial charge in [-0.15, -0.1) is 0 Å². The summed E-state index contributed by atoms with van der Waals surface area (Å²) in [6.45, 7) is 0.598. The molecule has 1 aromatic heterocycles. The first kappa shape index (κ1) is 11.8. The predicted octanol–water partition coefficient (Wildman–Crippen LogP) is 1.94. The van der Waals surface area contributed by atoms with Crippen LogP contribution in [0, 0.1) is 5.82 Å². The Kier molecular flexibility index (Phi) is 3.58. The Balaban J connectivity index is 1.97. The number of benzene rings is 1. The second kappa shape index (κ2) is 5.13. The molecule has 0 aliphatic rings. The summed E-state index contributed by atoms with van der Waals surface area (Å²) in [6, 6.07) is 2.89. The molecule has 5 nitrogen and oxygen atoms in total. The van der Waals surface area contributed by atoms with Gasteiger partial charge in [0.05, 0.1) is 15.8 Å². The molecule has 0 aliphatic heterocycles. The molecule has 0 atom stereocenters. The lowest BCUT2D eigenvalue weighted by Crippen LogP contribution is -2.08. The Morgan fingerprint density at radius 1 is 1.47 bits per heavy atom. The fourth-order valence-corrected chi connectivity index (χ4v) is 1.74. The maximum absolute atomic E-state index is 13.3. The van der Waals surface area contributed by atoms with Gasteiger partial charge in [0.1, 0.15) is 18.0 Å². The van der Waals surface area contributed by atoms with Crippen LogP contribution >= 0.6 is 15.9 Å². The van der Waals surface area contributed by atoms with Crippen LogP contribution in [0.3, 0.4) is 0 Å². The van der Waals surface area contributed by atoms with Crippen LogP contribution < -0.4 is 11.1 Å². The van der Waals surface area contributed by atoms with Crippen molar-refractivity contribution in [2.24, 2.45) is 0 Å². The van der Waals surface area contributed by atoms with Gasteiger partial charge in [0.15, 0.2) is 0 Å². The third kappa shape index (κ3) is 2.94. The van der Waals surface area contributed by atoms with Crippen LogP contribution in [0.5, 0.6) is 0 Å². The summed E-state index contributed by atoms with van der Waals surface area (Å²) >= 11 is 3.07. The highest BCUT2D eigenvalue weighted by molar-refractivity contribution is 9.10. The molecule has 1 heterocycles. The van der Waals surface area contributed by atoms with E-state index in [0.29, 0.717) is 28.8 Å². The number of rotatable bonds is 4. The minimum Gasteiger partial charge on any atom is -0.397 e. The fourth-order valence-electron chi connectivity index (χ4n) is 1.38. The van der Waals surface area contributed by atoms with E-state index in [-0.39, 0.29) is 5.82 Å². The summed E-state index contributed by atoms with van der Waals surface area (Å²) in [5.41, 5.74) is 6.83. The van der Waals surface area contributed by atoms with Crippen molar-refractivity contribution in [3.63, 3.8) is 0 Å². The van der Waals surface area contributed by atoms with E-state index >= 15 is 0 Å². The molecule has 0 unspecified atom stereocenters. The first-order valence-electron chi connectivity index (χ1n) is 4.99. The summed E-state index contributed by atoms with van der Waals surface area (Å²) in [5, 5.41) is 9.53. The van der Waals surface area contributed by atoms with Gasteiger partial charge >= 0.3 is 0 Å². The van der Waals surface area contributed by atoms with Crippen molar-refractivity contribution < 1.29 is 4.39 Å². The summed E-state index contributed by atoms with van der Waals surface area (Å²) < 4.78 is 13.6. The van der Waals surface area contributed by atoms with Crippen LogP contribution in [-0.2, 0) is 6.42 Å². The van der Waals surface area contributed by atoms with Crippen molar-refractivity contribution in [1.29, 1.82) is 0 Å². The van der Waals surface area contributed by atoms with E-state index in [1.54, 1.807) is 0 Å². The van der Waals surface area contributed by atoms with Crippen molar-refractivity contribution in [1.82, 2.24) is 15.2 Å². The number of H-pyrrole nitrogens is 1. The molecule has 4 N–H and O–H groups in total. The number of nitrogens with zero attached hydrogens (tertiary/aromatic N) is 2. The van der Waals surface area contributed by atoms with Crippen LogP contribution in [0.2, 0.25) is 0 Å². The minimum absolute atomic E-state index is 0.346. The van der Waals surface area contributed by atoms with E-state index in [9.17, 15) is 4.39 Å². The van der Waals surface area contributed by atoms with E-state index in [4.69, 9.17) is 5.73 Å². The third-order valence-corrected chi connectivity index (χ3v) is 2.84. The standard InChI is InChI=1S/C10H11BrFN5/c11-6-3-8(13)9(4-7(6)12)14-2-1-10-15-5-16-17-10/h3-5,14H,1-2,13H2,(H,15,16,17). The van der Waals surface area contributed by atoms with Gasteiger partial charge in [-0.1, -0.05) is 0 Å². The molecule has 1 aromatic carbocycles. The Bertz CT molecular complexity index is 500. The maximum Gasteiger partial charge on any atom is 0.139 e. The van der Waals surface area contributed by atoms with E-state index in [1.807, 2.05) is 0 Å². The van der Waals surface area contributed by atoms with Crippen molar-refractivity contribution >= 4 is 27.3 Å². The van der Waals surface area contributed by atoms with Gasteiger partial charge < -0.3 is 11.1 Å². The highest BCUT2D eigenvalue weighted by atomic mass is 79.9. The average Bonchev–Trinajstić information content (AvgIpc) is 2.78. The second-order valence-electron chi connectivity index (χ2n) is 3.46. The molecule has 0 aliphatic carbocycles. The van der Waals surface area contributed by atoms with Gasteiger partial charge in [-0.3, -0.25) is 5.10 Å². The number of nitrogens with one attached hydrogen (secondary N) is 2. The molecule has 0 saturated carbocycles. The average molecular weight is 300 g/mol. The summed E-state index contributed by atoms with van der Waals surface area (Å²) in [4.78, 5) is 3.98. The number of anilines is 2. The fraction of sp³-hybridized carbons (Fsp3) is 0.200. The van der Waals surface area contributed by atoms with E-state index in [1.165, 1.54) is 18.5 Å². The van der Waals surface area contributed by atoms with Crippen molar-refractivity contribution in [3.05, 3.63) is 34.6 Å². The van der Waals surface area contributed by atoms with Gasteiger partial charge in [0.25, 0.3) is 0 Å². The van der Waals surface area contributed by atoms with E-state index < -0.39 is 0 Å². The van der Waals surface area contributed by atoms with Crippen LogP contribution in [0.25, 0.3) is 0 Å². The van der Waals surface area contributed by atoms with Gasteiger partial charge in [-0.05, 0) is 22.0 Å². The van der Waals surface area contributed by atoms with E-state index in [2.05, 4.69) is 36.4 Å². The smallest absolute Gasteiger partial charge is 0.139 e. The van der Waals surface area contributed by atoms with Crippen LogP contribution in [0.4, 0.5) is 15.8 Å². The molecule has 17 heavy (non-hydrogen) atoms. The Morgan fingerprint density at radius 2 is 2.29 bits per heavy atom. The topological polar surface area (TPSA) is 79.6 Å². The van der Waals surface area contributed by atoms with Crippen molar-refractivity contribution in [2.45, 2.75) is 6.42 Å². The molecule has 0 fully saturated rings. The number of hydrogen-bond acceptors (Lipinski definition) is 4. The van der Waals surface area contributed by atoms with E-state index in [0.717, 1.165) is 5.82 Å². The molecule has 2 aromatic rings. The lowest BCUT2D eigenvalue weighted by molar-refractivity contribution is 0.622. The van der Waals surface area contributed by atoms with Crippen molar-refractivity contribution in [3.8, 4) is 0 Å². The monoisotopic (exact) mass is 299 g/mol. The maximum atomic E-state index is 13.3. The molecule has 0 bridgehead atoms. The molecular weight excluding hydrogens is 289 g/mol. The Hall–Kier alpha value is -1.63. The number of aromatic nitrogens is 3. The largest absolute Gasteiger partial charge is 0.397 e. The van der Waals surface area contributed by atoms with Crippen LogP contribution in [-0.4, -0.2) is 21.7 Å². The molecule has 90 valence electrons. The zero-order valence-corrected chi connectivity index (χ0v) is 10.5. The first-order valence-corrected chi connectivity index (χ1v) is 5.79. The van der Waals surface area contributed by atoms with Crippen LogP contribution in [0.15, 0.2) is 22.9 Å². The Labute approximate surface area is 106 Å². The molecule has 0 spiro atoms. The van der Waals surface area contributed by atoms with Gasteiger partial charge in [0.2, 0.25) is 0 Å². The number of hydrogen-bond donors (Lipinski definition) is 3. The number of halogens is 2. The van der Waals surface area contributed by atoms with Gasteiger partial charge in [-0.25, -0.2) is 9.37 Å². The number of aromatic amines is 1. The molecule has 2 rings (SSSR count). The zero-order chi connectivity index (χ0) is 12.3. The first-order chi connectivity index (χ1) is 8.16. The number of nitrogens with two attached hydrogens (primary N) is 1. The summed E-state index contributed by atoms with van der Waals surface area (Å²) in [6.07, 6.45) is 2.11. The molecule has 0 amide bonds. The summed E-state index contributed by atoms with van der Waals surface area (Å²) in [7, 11) is 0. The third-order valence-electron chi connectivity index (χ3n) is 2.23.